The van der Waals surface area contributed by atoms with E-state index in [4.69, 9.17) is 4.98 Å². The third-order valence-electron chi connectivity index (χ3n) is 6.30. The zero-order valence-corrected chi connectivity index (χ0v) is 20.1. The molecule has 0 fully saturated rings. The maximum absolute atomic E-state index is 12.9. The molecule has 2 aromatic carbocycles. The van der Waals surface area contributed by atoms with Crippen molar-refractivity contribution in [2.45, 2.75) is 57.5 Å². The number of carboxylic acids is 1. The molecule has 0 bridgehead atoms. The van der Waals surface area contributed by atoms with Gasteiger partial charge in [0.15, 0.2) is 0 Å². The first-order valence-electron chi connectivity index (χ1n) is 11.3. The van der Waals surface area contributed by atoms with Gasteiger partial charge in [0.2, 0.25) is 0 Å². The Labute approximate surface area is 205 Å². The standard InChI is InChI=1S/C26H25F3N2O3S/c1-14(2)23-22(35-24(30-23)16-5-8-18(9-6-16)26(27,28)29)12-11-21(31-34)17-4-3-15-7-10-19(25(32)33)20(15)13-17/h3-6,8-9,13-14,19,34H,7,10-12H2,1-2H3,(H,32,33). The SMILES string of the molecule is CC(C)c1nc(-c2ccc(C(F)(F)F)cc2)sc1CCC(=NO)c1ccc2c(c1)C(C(=O)O)CC2. The maximum atomic E-state index is 12.9. The van der Waals surface area contributed by atoms with E-state index >= 15 is 0 Å². The molecule has 184 valence electrons. The number of aryl methyl sites for hydroxylation is 2. The van der Waals surface area contributed by atoms with Gasteiger partial charge in [-0.15, -0.1) is 11.3 Å². The van der Waals surface area contributed by atoms with Crippen molar-refractivity contribution < 1.29 is 28.3 Å². The number of halogens is 3. The molecule has 2 N–H and O–H groups in total. The normalized spacial score (nSPS) is 16.1. The molecule has 1 atom stereocenters. The van der Waals surface area contributed by atoms with Gasteiger partial charge in [0.25, 0.3) is 0 Å². The van der Waals surface area contributed by atoms with Crippen molar-refractivity contribution in [2.75, 3.05) is 0 Å². The molecule has 3 aromatic rings. The first-order chi connectivity index (χ1) is 16.6. The smallest absolute Gasteiger partial charge is 0.416 e. The Hall–Kier alpha value is -3.20. The van der Waals surface area contributed by atoms with Gasteiger partial charge in [-0.3, -0.25) is 4.79 Å². The molecular weight excluding hydrogens is 477 g/mol. The number of hydrogen-bond donors (Lipinski definition) is 2. The number of benzene rings is 2. The van der Waals surface area contributed by atoms with E-state index in [-0.39, 0.29) is 5.92 Å². The van der Waals surface area contributed by atoms with Crippen LogP contribution in [0.3, 0.4) is 0 Å². The lowest BCUT2D eigenvalue weighted by Crippen LogP contribution is -2.10. The van der Waals surface area contributed by atoms with Crippen LogP contribution >= 0.6 is 11.3 Å². The third-order valence-corrected chi connectivity index (χ3v) is 7.48. The molecular formula is C26H25F3N2O3S. The van der Waals surface area contributed by atoms with Crippen LogP contribution in [0.15, 0.2) is 47.6 Å². The van der Waals surface area contributed by atoms with Crippen molar-refractivity contribution in [3.8, 4) is 10.6 Å². The number of aliphatic carboxylic acids is 1. The molecule has 35 heavy (non-hydrogen) atoms. The Bertz CT molecular complexity index is 1260. The number of fused-ring (bicyclic) bond motifs is 1. The summed E-state index contributed by atoms with van der Waals surface area (Å²) in [5.41, 5.74) is 3.67. The second kappa shape index (κ2) is 9.81. The minimum atomic E-state index is -4.39. The summed E-state index contributed by atoms with van der Waals surface area (Å²) in [7, 11) is 0. The second-order valence-electron chi connectivity index (χ2n) is 8.95. The lowest BCUT2D eigenvalue weighted by Gasteiger charge is -2.10. The molecule has 0 amide bonds. The largest absolute Gasteiger partial charge is 0.481 e. The summed E-state index contributed by atoms with van der Waals surface area (Å²) in [6.45, 7) is 4.01. The first kappa shape index (κ1) is 24.9. The molecule has 0 aliphatic heterocycles. The van der Waals surface area contributed by atoms with Crippen LogP contribution in [0.5, 0.6) is 0 Å². The minimum Gasteiger partial charge on any atom is -0.481 e. The maximum Gasteiger partial charge on any atom is 0.416 e. The van der Waals surface area contributed by atoms with Crippen molar-refractivity contribution in [1.29, 1.82) is 0 Å². The van der Waals surface area contributed by atoms with Gasteiger partial charge in [-0.05, 0) is 66.5 Å². The Morgan fingerprint density at radius 1 is 1.20 bits per heavy atom. The van der Waals surface area contributed by atoms with Gasteiger partial charge in [0.05, 0.1) is 22.9 Å². The average Bonchev–Trinajstić information content (AvgIpc) is 3.43. The molecule has 0 radical (unpaired) electrons. The summed E-state index contributed by atoms with van der Waals surface area (Å²) in [5, 5.41) is 23.3. The fourth-order valence-corrected chi connectivity index (χ4v) is 5.66. The van der Waals surface area contributed by atoms with E-state index < -0.39 is 23.6 Å². The minimum absolute atomic E-state index is 0.107. The molecule has 1 aliphatic rings. The molecule has 1 aromatic heterocycles. The first-order valence-corrected chi connectivity index (χ1v) is 12.1. The quantitative estimate of drug-likeness (QED) is 0.210. The second-order valence-corrected chi connectivity index (χ2v) is 10.0. The van der Waals surface area contributed by atoms with Crippen molar-refractivity contribution in [1.82, 2.24) is 4.98 Å². The highest BCUT2D eigenvalue weighted by molar-refractivity contribution is 7.15. The average molecular weight is 503 g/mol. The van der Waals surface area contributed by atoms with Crippen LogP contribution in [0.25, 0.3) is 10.6 Å². The molecule has 1 heterocycles. The zero-order chi connectivity index (χ0) is 25.3. The highest BCUT2D eigenvalue weighted by atomic mass is 32.1. The number of aromatic nitrogens is 1. The van der Waals surface area contributed by atoms with E-state index in [1.165, 1.54) is 23.5 Å². The van der Waals surface area contributed by atoms with E-state index in [1.54, 1.807) is 6.07 Å². The summed E-state index contributed by atoms with van der Waals surface area (Å²) in [5.74, 6) is -1.30. The Morgan fingerprint density at radius 3 is 2.51 bits per heavy atom. The van der Waals surface area contributed by atoms with Crippen LogP contribution in [-0.4, -0.2) is 27.0 Å². The van der Waals surface area contributed by atoms with Gasteiger partial charge < -0.3 is 10.3 Å². The summed E-state index contributed by atoms with van der Waals surface area (Å²) in [4.78, 5) is 17.2. The lowest BCUT2D eigenvalue weighted by atomic mass is 9.96. The van der Waals surface area contributed by atoms with Crippen molar-refractivity contribution >= 4 is 23.0 Å². The highest BCUT2D eigenvalue weighted by Crippen LogP contribution is 2.36. The predicted molar refractivity (Wildman–Crippen MR) is 128 cm³/mol. The Kier molecular flexibility index (Phi) is 6.98. The molecule has 1 unspecified atom stereocenters. The van der Waals surface area contributed by atoms with Gasteiger partial charge in [0.1, 0.15) is 5.01 Å². The lowest BCUT2D eigenvalue weighted by molar-refractivity contribution is -0.139. The topological polar surface area (TPSA) is 82.8 Å². The molecule has 1 aliphatic carbocycles. The van der Waals surface area contributed by atoms with Crippen LogP contribution in [-0.2, 0) is 23.8 Å². The number of carboxylic acid groups (broad SMARTS) is 1. The monoisotopic (exact) mass is 502 g/mol. The number of alkyl halides is 3. The molecule has 5 nitrogen and oxygen atoms in total. The molecule has 9 heteroatoms. The van der Waals surface area contributed by atoms with E-state index in [0.29, 0.717) is 47.5 Å². The van der Waals surface area contributed by atoms with Gasteiger partial charge in [-0.1, -0.05) is 43.3 Å². The number of hydrogen-bond acceptors (Lipinski definition) is 5. The molecule has 4 rings (SSSR count). The van der Waals surface area contributed by atoms with E-state index in [2.05, 4.69) is 5.16 Å². The number of thiazole rings is 1. The fourth-order valence-electron chi connectivity index (χ4n) is 4.44. The van der Waals surface area contributed by atoms with Gasteiger partial charge in [-0.2, -0.15) is 13.2 Å². The van der Waals surface area contributed by atoms with Gasteiger partial charge in [-0.25, -0.2) is 4.98 Å². The highest BCUT2D eigenvalue weighted by Gasteiger charge is 2.30. The van der Waals surface area contributed by atoms with Crippen molar-refractivity contribution in [3.05, 3.63) is 75.3 Å². The molecule has 0 saturated carbocycles. The predicted octanol–water partition coefficient (Wildman–Crippen LogP) is 6.88. The summed E-state index contributed by atoms with van der Waals surface area (Å²) in [6.07, 6.45) is -2.18. The summed E-state index contributed by atoms with van der Waals surface area (Å²) in [6, 6.07) is 10.5. The van der Waals surface area contributed by atoms with E-state index in [0.717, 1.165) is 33.8 Å². The van der Waals surface area contributed by atoms with Crippen LogP contribution in [0.1, 0.15) is 71.3 Å². The molecule has 0 saturated heterocycles. The van der Waals surface area contributed by atoms with Gasteiger partial charge in [0, 0.05) is 10.4 Å². The number of oxime groups is 1. The van der Waals surface area contributed by atoms with Crippen LogP contribution < -0.4 is 0 Å². The molecule has 0 spiro atoms. The van der Waals surface area contributed by atoms with Crippen LogP contribution in [0, 0.1) is 0 Å². The fraction of sp³-hybridized carbons (Fsp3) is 0.346. The number of carbonyl (C=O) groups is 1. The number of nitrogens with zero attached hydrogens (tertiary/aromatic N) is 2. The number of rotatable bonds is 7. The van der Waals surface area contributed by atoms with Crippen LogP contribution in [0.4, 0.5) is 13.2 Å². The van der Waals surface area contributed by atoms with Crippen LogP contribution in [0.2, 0.25) is 0 Å². The van der Waals surface area contributed by atoms with E-state index in [9.17, 15) is 28.3 Å². The van der Waals surface area contributed by atoms with Crippen molar-refractivity contribution in [2.24, 2.45) is 5.16 Å². The third kappa shape index (κ3) is 5.24. The Balaban J connectivity index is 1.56. The van der Waals surface area contributed by atoms with E-state index in [1.807, 2.05) is 26.0 Å². The zero-order valence-electron chi connectivity index (χ0n) is 19.3. The summed E-state index contributed by atoms with van der Waals surface area (Å²) >= 11 is 1.42. The van der Waals surface area contributed by atoms with Crippen molar-refractivity contribution in [3.63, 3.8) is 0 Å². The Morgan fingerprint density at radius 2 is 1.91 bits per heavy atom. The summed E-state index contributed by atoms with van der Waals surface area (Å²) < 4.78 is 38.7. The van der Waals surface area contributed by atoms with Gasteiger partial charge >= 0.3 is 12.1 Å².